The second kappa shape index (κ2) is 6.02. The monoisotopic (exact) mass is 266 g/mol. The Bertz CT molecular complexity index is 437. The van der Waals surface area contributed by atoms with Gasteiger partial charge in [0.15, 0.2) is 0 Å². The molecule has 5 heteroatoms. The molecule has 0 bridgehead atoms. The number of likely N-dealkylation sites (tertiary alicyclic amines) is 1. The van der Waals surface area contributed by atoms with Crippen molar-refractivity contribution >= 4 is 5.91 Å². The lowest BCUT2D eigenvalue weighted by Gasteiger charge is -2.32. The van der Waals surface area contributed by atoms with Crippen LogP contribution in [0.25, 0.3) is 0 Å². The summed E-state index contributed by atoms with van der Waals surface area (Å²) in [6.07, 6.45) is 1.71. The van der Waals surface area contributed by atoms with E-state index >= 15 is 0 Å². The third-order valence-electron chi connectivity index (χ3n) is 3.48. The van der Waals surface area contributed by atoms with Gasteiger partial charge in [0.1, 0.15) is 17.1 Å². The maximum Gasteiger partial charge on any atom is 0.260 e. The Kier molecular flexibility index (Phi) is 4.37. The average molecular weight is 266 g/mol. The minimum absolute atomic E-state index is 0.218. The van der Waals surface area contributed by atoms with Crippen molar-refractivity contribution in [2.75, 3.05) is 19.6 Å². The molecule has 0 radical (unpaired) electrons. The number of rotatable bonds is 3. The largest absolute Gasteiger partial charge is 0.507 e. The highest BCUT2D eigenvalue weighted by Crippen LogP contribution is 2.23. The van der Waals surface area contributed by atoms with E-state index in [9.17, 15) is 14.3 Å². The molecule has 1 amide bonds. The Morgan fingerprint density at radius 2 is 2.16 bits per heavy atom. The second-order valence-electron chi connectivity index (χ2n) is 4.76. The number of benzene rings is 1. The molecule has 4 nitrogen and oxygen atoms in total. The average Bonchev–Trinajstić information content (AvgIpc) is 2.39. The fourth-order valence-corrected chi connectivity index (χ4v) is 2.46. The van der Waals surface area contributed by atoms with Crippen molar-refractivity contribution in [3.63, 3.8) is 0 Å². The Morgan fingerprint density at radius 1 is 1.47 bits per heavy atom. The lowest BCUT2D eigenvalue weighted by Crippen LogP contribution is -2.45. The van der Waals surface area contributed by atoms with Gasteiger partial charge in [-0.25, -0.2) is 4.39 Å². The van der Waals surface area contributed by atoms with Crippen molar-refractivity contribution in [2.24, 2.45) is 0 Å². The van der Waals surface area contributed by atoms with Gasteiger partial charge in [-0.05, 0) is 31.5 Å². The predicted octanol–water partition coefficient (Wildman–Crippen LogP) is 1.75. The lowest BCUT2D eigenvalue weighted by molar-refractivity contribution is 0.0698. The SMILES string of the molecule is CCNC1CCN(C(=O)c2c(O)cccc2F)CC1. The molecule has 0 atom stereocenters. The van der Waals surface area contributed by atoms with Gasteiger partial charge in [0.2, 0.25) is 0 Å². The van der Waals surface area contributed by atoms with Crippen molar-refractivity contribution in [1.29, 1.82) is 0 Å². The summed E-state index contributed by atoms with van der Waals surface area (Å²) in [5.74, 6) is -1.39. The van der Waals surface area contributed by atoms with E-state index < -0.39 is 11.7 Å². The van der Waals surface area contributed by atoms with Crippen LogP contribution in [-0.2, 0) is 0 Å². The second-order valence-corrected chi connectivity index (χ2v) is 4.76. The van der Waals surface area contributed by atoms with Crippen LogP contribution >= 0.6 is 0 Å². The van der Waals surface area contributed by atoms with Gasteiger partial charge in [-0.15, -0.1) is 0 Å². The first-order valence-corrected chi connectivity index (χ1v) is 6.63. The summed E-state index contributed by atoms with van der Waals surface area (Å²) < 4.78 is 13.6. The summed E-state index contributed by atoms with van der Waals surface area (Å²) in [7, 11) is 0. The van der Waals surface area contributed by atoms with E-state index in [4.69, 9.17) is 0 Å². The topological polar surface area (TPSA) is 52.6 Å². The Morgan fingerprint density at radius 3 is 2.74 bits per heavy atom. The first-order valence-electron chi connectivity index (χ1n) is 6.63. The van der Waals surface area contributed by atoms with Crippen LogP contribution in [0.4, 0.5) is 4.39 Å². The van der Waals surface area contributed by atoms with E-state index in [0.29, 0.717) is 19.1 Å². The van der Waals surface area contributed by atoms with Gasteiger partial charge in [0.05, 0.1) is 0 Å². The molecule has 2 rings (SSSR count). The van der Waals surface area contributed by atoms with Crippen molar-refractivity contribution in [2.45, 2.75) is 25.8 Å². The van der Waals surface area contributed by atoms with Gasteiger partial charge in [-0.1, -0.05) is 13.0 Å². The van der Waals surface area contributed by atoms with Crippen LogP contribution in [0.1, 0.15) is 30.1 Å². The molecule has 0 aromatic heterocycles. The quantitative estimate of drug-likeness (QED) is 0.876. The first-order chi connectivity index (χ1) is 9.13. The molecule has 1 heterocycles. The molecule has 1 aliphatic rings. The number of hydrogen-bond acceptors (Lipinski definition) is 3. The van der Waals surface area contributed by atoms with Crippen LogP contribution < -0.4 is 5.32 Å². The minimum Gasteiger partial charge on any atom is -0.507 e. The number of nitrogens with zero attached hydrogens (tertiary/aromatic N) is 1. The van der Waals surface area contributed by atoms with Crippen LogP contribution in [0.2, 0.25) is 0 Å². The normalized spacial score (nSPS) is 16.6. The van der Waals surface area contributed by atoms with Crippen molar-refractivity contribution in [3.05, 3.63) is 29.6 Å². The van der Waals surface area contributed by atoms with E-state index in [1.54, 1.807) is 4.90 Å². The molecular formula is C14H19FN2O2. The Balaban J connectivity index is 2.05. The number of aromatic hydroxyl groups is 1. The molecular weight excluding hydrogens is 247 g/mol. The Hall–Kier alpha value is -1.62. The first kappa shape index (κ1) is 13.8. The van der Waals surface area contributed by atoms with Crippen molar-refractivity contribution in [1.82, 2.24) is 10.2 Å². The summed E-state index contributed by atoms with van der Waals surface area (Å²) in [5, 5.41) is 13.0. The van der Waals surface area contributed by atoms with E-state index in [1.165, 1.54) is 18.2 Å². The third-order valence-corrected chi connectivity index (χ3v) is 3.48. The number of nitrogens with one attached hydrogen (secondary N) is 1. The van der Waals surface area contributed by atoms with Crippen LogP contribution in [0.5, 0.6) is 5.75 Å². The fourth-order valence-electron chi connectivity index (χ4n) is 2.46. The highest BCUT2D eigenvalue weighted by atomic mass is 19.1. The van der Waals surface area contributed by atoms with Crippen molar-refractivity contribution < 1.29 is 14.3 Å². The number of carbonyl (C=O) groups is 1. The highest BCUT2D eigenvalue weighted by molar-refractivity contribution is 5.97. The molecule has 0 spiro atoms. The molecule has 0 aliphatic carbocycles. The summed E-state index contributed by atoms with van der Waals surface area (Å²) in [5.41, 5.74) is -0.218. The van der Waals surface area contributed by atoms with Gasteiger partial charge in [-0.2, -0.15) is 0 Å². The number of carbonyl (C=O) groups excluding carboxylic acids is 1. The number of halogens is 1. The van der Waals surface area contributed by atoms with Crippen LogP contribution in [0.3, 0.4) is 0 Å². The van der Waals surface area contributed by atoms with Crippen LogP contribution in [0.15, 0.2) is 18.2 Å². The zero-order chi connectivity index (χ0) is 13.8. The minimum atomic E-state index is -0.668. The van der Waals surface area contributed by atoms with Gasteiger partial charge in [-0.3, -0.25) is 4.79 Å². The molecule has 19 heavy (non-hydrogen) atoms. The standard InChI is InChI=1S/C14H19FN2O2/c1-2-16-10-6-8-17(9-7-10)14(19)13-11(15)4-3-5-12(13)18/h3-5,10,16,18H,2,6-9H2,1H3. The van der Waals surface area contributed by atoms with E-state index in [1.807, 2.05) is 0 Å². The molecule has 1 aromatic rings. The maximum atomic E-state index is 13.6. The smallest absolute Gasteiger partial charge is 0.260 e. The molecule has 1 fully saturated rings. The fraction of sp³-hybridized carbons (Fsp3) is 0.500. The number of phenolic OH excluding ortho intramolecular Hbond substituents is 1. The van der Waals surface area contributed by atoms with E-state index in [2.05, 4.69) is 12.2 Å². The molecule has 1 saturated heterocycles. The van der Waals surface area contributed by atoms with E-state index in [0.717, 1.165) is 19.4 Å². The third kappa shape index (κ3) is 3.04. The number of amides is 1. The number of piperidine rings is 1. The van der Waals surface area contributed by atoms with E-state index in [-0.39, 0.29) is 11.3 Å². The Labute approximate surface area is 112 Å². The summed E-state index contributed by atoms with van der Waals surface area (Å²) in [6.45, 7) is 4.14. The van der Waals surface area contributed by atoms with Gasteiger partial charge in [0, 0.05) is 19.1 Å². The summed E-state index contributed by atoms with van der Waals surface area (Å²) in [4.78, 5) is 13.8. The molecule has 1 aliphatic heterocycles. The predicted molar refractivity (Wildman–Crippen MR) is 70.7 cm³/mol. The molecule has 0 saturated carbocycles. The number of hydrogen-bond donors (Lipinski definition) is 2. The molecule has 2 N–H and O–H groups in total. The zero-order valence-corrected chi connectivity index (χ0v) is 11.0. The van der Waals surface area contributed by atoms with Crippen molar-refractivity contribution in [3.8, 4) is 5.75 Å². The molecule has 104 valence electrons. The van der Waals surface area contributed by atoms with Crippen LogP contribution in [-0.4, -0.2) is 41.6 Å². The zero-order valence-electron chi connectivity index (χ0n) is 11.0. The maximum absolute atomic E-state index is 13.6. The summed E-state index contributed by atoms with van der Waals surface area (Å²) >= 11 is 0. The number of phenols is 1. The lowest BCUT2D eigenvalue weighted by atomic mass is 10.0. The van der Waals surface area contributed by atoms with Gasteiger partial charge in [0.25, 0.3) is 5.91 Å². The van der Waals surface area contributed by atoms with Gasteiger partial charge < -0.3 is 15.3 Å². The molecule has 1 aromatic carbocycles. The molecule has 0 unspecified atom stereocenters. The highest BCUT2D eigenvalue weighted by Gasteiger charge is 2.26. The van der Waals surface area contributed by atoms with Crippen LogP contribution in [0, 0.1) is 5.82 Å². The summed E-state index contributed by atoms with van der Waals surface area (Å²) in [6, 6.07) is 4.34. The van der Waals surface area contributed by atoms with Gasteiger partial charge >= 0.3 is 0 Å².